The van der Waals surface area contributed by atoms with E-state index in [1.165, 1.54) is 0 Å². The maximum absolute atomic E-state index is 11.6. The second-order valence-corrected chi connectivity index (χ2v) is 5.51. The maximum Gasteiger partial charge on any atom is 0.324 e. The summed E-state index contributed by atoms with van der Waals surface area (Å²) in [7, 11) is 0. The monoisotopic (exact) mass is 241 g/mol. The third-order valence-electron chi connectivity index (χ3n) is 4.88. The number of hydrogen-bond donors (Lipinski definition) is 1. The lowest BCUT2D eigenvalue weighted by Gasteiger charge is -2.57. The molecule has 0 spiro atoms. The van der Waals surface area contributed by atoms with Gasteiger partial charge in [-0.3, -0.25) is 9.69 Å². The average molecular weight is 241 g/mol. The first kappa shape index (κ1) is 12.8. The molecule has 0 unspecified atom stereocenters. The van der Waals surface area contributed by atoms with E-state index in [9.17, 15) is 9.90 Å². The van der Waals surface area contributed by atoms with Crippen LogP contribution in [-0.2, 0) is 9.53 Å². The van der Waals surface area contributed by atoms with Crippen LogP contribution in [0.25, 0.3) is 0 Å². The van der Waals surface area contributed by atoms with Gasteiger partial charge in [0, 0.05) is 26.3 Å². The van der Waals surface area contributed by atoms with Crippen molar-refractivity contribution in [1.82, 2.24) is 4.90 Å². The summed E-state index contributed by atoms with van der Waals surface area (Å²) in [4.78, 5) is 13.8. The Bertz CT molecular complexity index is 285. The molecule has 0 saturated carbocycles. The van der Waals surface area contributed by atoms with E-state index >= 15 is 0 Å². The molecule has 2 fully saturated rings. The van der Waals surface area contributed by atoms with Crippen LogP contribution < -0.4 is 0 Å². The van der Waals surface area contributed by atoms with Gasteiger partial charge in [-0.1, -0.05) is 13.8 Å². The molecular formula is C13H23NO3. The molecule has 2 saturated heterocycles. The summed E-state index contributed by atoms with van der Waals surface area (Å²) in [6.07, 6.45) is 3.55. The van der Waals surface area contributed by atoms with Crippen LogP contribution in [0.3, 0.4) is 0 Å². The van der Waals surface area contributed by atoms with E-state index in [4.69, 9.17) is 4.74 Å². The number of carboxylic acid groups (broad SMARTS) is 1. The van der Waals surface area contributed by atoms with Crippen molar-refractivity contribution >= 4 is 5.97 Å². The molecule has 98 valence electrons. The van der Waals surface area contributed by atoms with E-state index in [-0.39, 0.29) is 0 Å². The van der Waals surface area contributed by atoms with Crippen LogP contribution in [0.4, 0.5) is 0 Å². The third-order valence-corrected chi connectivity index (χ3v) is 4.88. The summed E-state index contributed by atoms with van der Waals surface area (Å²) >= 11 is 0. The summed E-state index contributed by atoms with van der Waals surface area (Å²) in [6, 6.07) is 0. The van der Waals surface area contributed by atoms with Gasteiger partial charge in [0.1, 0.15) is 5.54 Å². The molecule has 2 aliphatic rings. The SMILES string of the molecule is CCC1(CC)CN(C2(C(=O)O)CCOCC2)C1. The molecule has 0 aromatic rings. The Hall–Kier alpha value is -0.610. The van der Waals surface area contributed by atoms with Gasteiger partial charge in [0.15, 0.2) is 0 Å². The van der Waals surface area contributed by atoms with Crippen molar-refractivity contribution in [2.45, 2.75) is 45.1 Å². The minimum atomic E-state index is -0.665. The molecule has 0 aromatic carbocycles. The first-order valence-corrected chi connectivity index (χ1v) is 6.65. The number of carbonyl (C=O) groups is 1. The lowest BCUT2D eigenvalue weighted by Crippen LogP contribution is -2.69. The normalized spacial score (nSPS) is 27.4. The third kappa shape index (κ3) is 1.97. The summed E-state index contributed by atoms with van der Waals surface area (Å²) in [5.41, 5.74) is -0.285. The Labute approximate surface area is 103 Å². The van der Waals surface area contributed by atoms with E-state index in [1.54, 1.807) is 0 Å². The number of nitrogens with zero attached hydrogens (tertiary/aromatic N) is 1. The molecule has 1 N–H and O–H groups in total. The fourth-order valence-corrected chi connectivity index (χ4v) is 3.14. The zero-order valence-electron chi connectivity index (χ0n) is 10.9. The molecule has 17 heavy (non-hydrogen) atoms. The average Bonchev–Trinajstić information content (AvgIpc) is 2.30. The summed E-state index contributed by atoms with van der Waals surface area (Å²) < 4.78 is 5.31. The predicted molar refractivity (Wildman–Crippen MR) is 65.0 cm³/mol. The highest BCUT2D eigenvalue weighted by Crippen LogP contribution is 2.44. The first-order valence-electron chi connectivity index (χ1n) is 6.65. The maximum atomic E-state index is 11.6. The predicted octanol–water partition coefficient (Wildman–Crippen LogP) is 1.74. The second kappa shape index (κ2) is 4.58. The number of ether oxygens (including phenoxy) is 1. The molecule has 2 heterocycles. The highest BCUT2D eigenvalue weighted by Gasteiger charge is 2.54. The molecule has 0 aliphatic carbocycles. The highest BCUT2D eigenvalue weighted by molar-refractivity contribution is 5.79. The van der Waals surface area contributed by atoms with Gasteiger partial charge in [0.05, 0.1) is 0 Å². The van der Waals surface area contributed by atoms with Crippen molar-refractivity contribution in [3.8, 4) is 0 Å². The van der Waals surface area contributed by atoms with E-state index < -0.39 is 11.5 Å². The highest BCUT2D eigenvalue weighted by atomic mass is 16.5. The number of hydrogen-bond acceptors (Lipinski definition) is 3. The molecule has 0 aromatic heterocycles. The van der Waals surface area contributed by atoms with Crippen LogP contribution in [0.15, 0.2) is 0 Å². The summed E-state index contributed by atoms with van der Waals surface area (Å²) in [5, 5.41) is 9.54. The van der Waals surface area contributed by atoms with Crippen molar-refractivity contribution in [3.05, 3.63) is 0 Å². The Balaban J connectivity index is 2.08. The Kier molecular flexibility index (Phi) is 3.46. The largest absolute Gasteiger partial charge is 0.480 e. The molecule has 4 nitrogen and oxygen atoms in total. The van der Waals surface area contributed by atoms with Crippen LogP contribution in [0, 0.1) is 5.41 Å². The summed E-state index contributed by atoms with van der Waals surface area (Å²) in [6.45, 7) is 7.44. The smallest absolute Gasteiger partial charge is 0.324 e. The van der Waals surface area contributed by atoms with E-state index in [0.717, 1.165) is 25.9 Å². The van der Waals surface area contributed by atoms with Crippen molar-refractivity contribution in [3.63, 3.8) is 0 Å². The van der Waals surface area contributed by atoms with Crippen molar-refractivity contribution in [2.24, 2.45) is 5.41 Å². The Morgan fingerprint density at radius 2 is 1.76 bits per heavy atom. The van der Waals surface area contributed by atoms with Gasteiger partial charge in [0.2, 0.25) is 0 Å². The molecule has 0 atom stereocenters. The van der Waals surface area contributed by atoms with Crippen LogP contribution >= 0.6 is 0 Å². The number of carboxylic acids is 1. The molecule has 4 heteroatoms. The van der Waals surface area contributed by atoms with Crippen LogP contribution in [0.2, 0.25) is 0 Å². The summed E-state index contributed by atoms with van der Waals surface area (Å²) in [5.74, 6) is -0.665. The van der Waals surface area contributed by atoms with Gasteiger partial charge < -0.3 is 9.84 Å². The van der Waals surface area contributed by atoms with Crippen molar-refractivity contribution in [1.29, 1.82) is 0 Å². The number of aliphatic carboxylic acids is 1. The minimum Gasteiger partial charge on any atom is -0.480 e. The van der Waals surface area contributed by atoms with Crippen molar-refractivity contribution in [2.75, 3.05) is 26.3 Å². The fourth-order valence-electron chi connectivity index (χ4n) is 3.14. The van der Waals surface area contributed by atoms with E-state index in [0.29, 0.717) is 31.5 Å². The topological polar surface area (TPSA) is 49.8 Å². The van der Waals surface area contributed by atoms with Gasteiger partial charge in [-0.05, 0) is 31.1 Å². The van der Waals surface area contributed by atoms with Crippen molar-refractivity contribution < 1.29 is 14.6 Å². The van der Waals surface area contributed by atoms with Crippen LogP contribution in [0.1, 0.15) is 39.5 Å². The van der Waals surface area contributed by atoms with Gasteiger partial charge in [0.25, 0.3) is 0 Å². The second-order valence-electron chi connectivity index (χ2n) is 5.51. The van der Waals surface area contributed by atoms with Crippen LogP contribution in [0.5, 0.6) is 0 Å². The van der Waals surface area contributed by atoms with E-state index in [2.05, 4.69) is 18.7 Å². The fraction of sp³-hybridized carbons (Fsp3) is 0.923. The Morgan fingerprint density at radius 1 is 1.24 bits per heavy atom. The minimum absolute atomic E-state index is 0.362. The zero-order chi connectivity index (χ0) is 12.5. The lowest BCUT2D eigenvalue weighted by atomic mass is 9.71. The van der Waals surface area contributed by atoms with Gasteiger partial charge in [-0.15, -0.1) is 0 Å². The molecule has 0 radical (unpaired) electrons. The van der Waals surface area contributed by atoms with Gasteiger partial charge in [-0.25, -0.2) is 0 Å². The molecule has 0 amide bonds. The van der Waals surface area contributed by atoms with Gasteiger partial charge in [-0.2, -0.15) is 0 Å². The first-order chi connectivity index (χ1) is 8.08. The Morgan fingerprint density at radius 3 is 2.18 bits per heavy atom. The standard InChI is InChI=1S/C13H23NO3/c1-3-12(4-2)9-14(10-12)13(11(15)16)5-7-17-8-6-13/h3-10H2,1-2H3,(H,15,16). The number of rotatable bonds is 4. The van der Waals surface area contributed by atoms with Crippen LogP contribution in [-0.4, -0.2) is 47.8 Å². The number of likely N-dealkylation sites (tertiary alicyclic amines) is 1. The zero-order valence-corrected chi connectivity index (χ0v) is 10.9. The van der Waals surface area contributed by atoms with Gasteiger partial charge >= 0.3 is 5.97 Å². The van der Waals surface area contributed by atoms with E-state index in [1.807, 2.05) is 0 Å². The molecule has 0 bridgehead atoms. The molecule has 2 aliphatic heterocycles. The molecule has 2 rings (SSSR count). The lowest BCUT2D eigenvalue weighted by molar-refractivity contribution is -0.175. The quantitative estimate of drug-likeness (QED) is 0.814. The molecular weight excluding hydrogens is 218 g/mol.